The summed E-state index contributed by atoms with van der Waals surface area (Å²) in [6.07, 6.45) is 5.25. The normalized spacial score (nSPS) is 12.7. The van der Waals surface area contributed by atoms with Crippen molar-refractivity contribution in [3.8, 4) is 11.1 Å². The van der Waals surface area contributed by atoms with E-state index < -0.39 is 0 Å². The van der Waals surface area contributed by atoms with E-state index >= 15 is 0 Å². The number of halogens is 1. The van der Waals surface area contributed by atoms with Crippen LogP contribution in [0.15, 0.2) is 64.6 Å². The number of H-pyrrole nitrogens is 1. The van der Waals surface area contributed by atoms with Gasteiger partial charge in [0.2, 0.25) is 5.95 Å². The number of anilines is 1. The van der Waals surface area contributed by atoms with Gasteiger partial charge in [0.05, 0.1) is 11.6 Å². The Bertz CT molecular complexity index is 1310. The predicted molar refractivity (Wildman–Crippen MR) is 116 cm³/mol. The molecule has 0 atom stereocenters. The first-order valence-electron chi connectivity index (χ1n) is 9.24. The summed E-state index contributed by atoms with van der Waals surface area (Å²) >= 11 is 5.88. The van der Waals surface area contributed by atoms with Crippen LogP contribution in [0.3, 0.4) is 0 Å². The maximum atomic E-state index is 12.9. The van der Waals surface area contributed by atoms with E-state index in [-0.39, 0.29) is 11.5 Å². The molecule has 5 rings (SSSR count). The third-order valence-electron chi connectivity index (χ3n) is 5.02. The zero-order valence-electron chi connectivity index (χ0n) is 15.3. The Morgan fingerprint density at radius 2 is 1.86 bits per heavy atom. The van der Waals surface area contributed by atoms with Crippen LogP contribution in [0.2, 0.25) is 5.02 Å². The SMILES string of the molecule is O=c1[nH]c(N/N=C/c2ccc(Cl)cc2)nc2ncc3c(c12)-c1ccccc1CC3. The van der Waals surface area contributed by atoms with Crippen molar-refractivity contribution in [2.75, 3.05) is 5.43 Å². The van der Waals surface area contributed by atoms with Gasteiger partial charge in [-0.1, -0.05) is 48.0 Å². The van der Waals surface area contributed by atoms with E-state index in [1.807, 2.05) is 30.5 Å². The number of hydrogen-bond acceptors (Lipinski definition) is 5. The van der Waals surface area contributed by atoms with Crippen LogP contribution in [-0.4, -0.2) is 21.2 Å². The van der Waals surface area contributed by atoms with Crippen LogP contribution in [0.5, 0.6) is 0 Å². The molecule has 0 saturated carbocycles. The first-order valence-corrected chi connectivity index (χ1v) is 9.62. The molecule has 0 spiro atoms. The summed E-state index contributed by atoms with van der Waals surface area (Å²) in [5.74, 6) is 0.240. The lowest BCUT2D eigenvalue weighted by molar-refractivity contribution is 0.934. The van der Waals surface area contributed by atoms with Gasteiger partial charge in [0.25, 0.3) is 5.56 Å². The van der Waals surface area contributed by atoms with Crippen molar-refractivity contribution in [3.05, 3.63) is 86.8 Å². The number of aromatic nitrogens is 3. The molecule has 2 aromatic carbocycles. The molecule has 7 heteroatoms. The van der Waals surface area contributed by atoms with E-state index in [1.54, 1.807) is 18.3 Å². The summed E-state index contributed by atoms with van der Waals surface area (Å²) in [5.41, 5.74) is 8.12. The molecule has 2 heterocycles. The van der Waals surface area contributed by atoms with Gasteiger partial charge in [0.1, 0.15) is 0 Å². The average Bonchev–Trinajstić information content (AvgIpc) is 2.74. The lowest BCUT2D eigenvalue weighted by Crippen LogP contribution is -2.16. The minimum absolute atomic E-state index is 0.236. The van der Waals surface area contributed by atoms with Gasteiger partial charge in [-0.3, -0.25) is 9.78 Å². The number of aromatic amines is 1. The highest BCUT2D eigenvalue weighted by Gasteiger charge is 2.21. The Kier molecular flexibility index (Phi) is 4.33. The number of fused-ring (bicyclic) bond motifs is 5. The van der Waals surface area contributed by atoms with Crippen molar-refractivity contribution in [3.63, 3.8) is 0 Å². The van der Waals surface area contributed by atoms with E-state index in [4.69, 9.17) is 11.6 Å². The summed E-state index contributed by atoms with van der Waals surface area (Å²) in [4.78, 5) is 24.6. The Balaban J connectivity index is 1.53. The molecule has 4 aromatic rings. The van der Waals surface area contributed by atoms with Crippen LogP contribution in [-0.2, 0) is 12.8 Å². The monoisotopic (exact) mass is 401 g/mol. The number of hydrazone groups is 1. The predicted octanol–water partition coefficient (Wildman–Crippen LogP) is 4.18. The third-order valence-corrected chi connectivity index (χ3v) is 5.27. The molecule has 0 fully saturated rings. The number of benzene rings is 2. The molecule has 2 aromatic heterocycles. The standard InChI is InChI=1S/C22H16ClN5O/c23-16-9-5-13(6-10-16)11-25-28-22-26-20-19(21(29)27-22)18-15(12-24-20)8-7-14-3-1-2-4-17(14)18/h1-6,9-12H,7-8H2,(H2,24,26,27,28,29)/b25-11+. The van der Waals surface area contributed by atoms with Crippen LogP contribution in [0.25, 0.3) is 22.2 Å². The molecule has 0 aliphatic heterocycles. The summed E-state index contributed by atoms with van der Waals surface area (Å²) in [6, 6.07) is 15.4. The van der Waals surface area contributed by atoms with E-state index in [0.29, 0.717) is 16.1 Å². The minimum Gasteiger partial charge on any atom is -0.291 e. The van der Waals surface area contributed by atoms with E-state index in [0.717, 1.165) is 35.1 Å². The second-order valence-electron chi connectivity index (χ2n) is 6.85. The molecule has 0 bridgehead atoms. The largest absolute Gasteiger partial charge is 0.291 e. The first kappa shape index (κ1) is 17.6. The highest BCUT2D eigenvalue weighted by Crippen LogP contribution is 2.36. The smallest absolute Gasteiger partial charge is 0.262 e. The number of hydrogen-bond donors (Lipinski definition) is 2. The molecule has 142 valence electrons. The fraction of sp³-hybridized carbons (Fsp3) is 0.0909. The zero-order valence-corrected chi connectivity index (χ0v) is 16.1. The van der Waals surface area contributed by atoms with Gasteiger partial charge in [0.15, 0.2) is 5.65 Å². The topological polar surface area (TPSA) is 83.0 Å². The van der Waals surface area contributed by atoms with Crippen LogP contribution in [0.1, 0.15) is 16.7 Å². The zero-order chi connectivity index (χ0) is 19.8. The third kappa shape index (κ3) is 3.28. The van der Waals surface area contributed by atoms with Gasteiger partial charge in [-0.05, 0) is 47.2 Å². The molecular formula is C22H16ClN5O. The summed E-state index contributed by atoms with van der Waals surface area (Å²) in [6.45, 7) is 0. The summed E-state index contributed by atoms with van der Waals surface area (Å²) in [5, 5.41) is 5.31. The summed E-state index contributed by atoms with van der Waals surface area (Å²) < 4.78 is 0. The molecule has 0 unspecified atom stereocenters. The van der Waals surface area contributed by atoms with Crippen LogP contribution < -0.4 is 11.0 Å². The van der Waals surface area contributed by atoms with Crippen molar-refractivity contribution < 1.29 is 0 Å². The summed E-state index contributed by atoms with van der Waals surface area (Å²) in [7, 11) is 0. The molecule has 29 heavy (non-hydrogen) atoms. The number of pyridine rings is 1. The Morgan fingerprint density at radius 1 is 1.07 bits per heavy atom. The van der Waals surface area contributed by atoms with Crippen molar-refractivity contribution in [2.45, 2.75) is 12.8 Å². The van der Waals surface area contributed by atoms with Gasteiger partial charge < -0.3 is 0 Å². The van der Waals surface area contributed by atoms with Crippen LogP contribution >= 0.6 is 11.6 Å². The van der Waals surface area contributed by atoms with Crippen molar-refractivity contribution in [1.29, 1.82) is 0 Å². The molecule has 6 nitrogen and oxygen atoms in total. The molecule has 0 saturated heterocycles. The Hall–Kier alpha value is -3.51. The number of nitrogens with one attached hydrogen (secondary N) is 2. The lowest BCUT2D eigenvalue weighted by atomic mass is 9.85. The average molecular weight is 402 g/mol. The van der Waals surface area contributed by atoms with Crippen LogP contribution in [0, 0.1) is 0 Å². The number of rotatable bonds is 3. The fourth-order valence-electron chi connectivity index (χ4n) is 3.66. The van der Waals surface area contributed by atoms with E-state index in [2.05, 4.69) is 37.6 Å². The van der Waals surface area contributed by atoms with Crippen LogP contribution in [0.4, 0.5) is 5.95 Å². The van der Waals surface area contributed by atoms with Gasteiger partial charge in [-0.25, -0.2) is 10.4 Å². The number of nitrogens with zero attached hydrogens (tertiary/aromatic N) is 3. The molecular weight excluding hydrogens is 386 g/mol. The second-order valence-corrected chi connectivity index (χ2v) is 7.29. The van der Waals surface area contributed by atoms with Gasteiger partial charge in [-0.2, -0.15) is 10.1 Å². The molecule has 0 radical (unpaired) electrons. The maximum absolute atomic E-state index is 12.9. The van der Waals surface area contributed by atoms with Gasteiger partial charge in [-0.15, -0.1) is 0 Å². The fourth-order valence-corrected chi connectivity index (χ4v) is 3.79. The highest BCUT2D eigenvalue weighted by molar-refractivity contribution is 6.30. The molecule has 0 amide bonds. The molecule has 1 aliphatic carbocycles. The van der Waals surface area contributed by atoms with E-state index in [9.17, 15) is 4.79 Å². The molecule has 2 N–H and O–H groups in total. The highest BCUT2D eigenvalue weighted by atomic mass is 35.5. The van der Waals surface area contributed by atoms with Gasteiger partial charge in [0, 0.05) is 16.8 Å². The van der Waals surface area contributed by atoms with Crippen molar-refractivity contribution >= 4 is 34.8 Å². The number of aryl methyl sites for hydroxylation is 2. The first-order chi connectivity index (χ1) is 14.2. The maximum Gasteiger partial charge on any atom is 0.262 e. The Morgan fingerprint density at radius 3 is 2.72 bits per heavy atom. The second kappa shape index (κ2) is 7.14. The quantitative estimate of drug-likeness (QED) is 0.398. The Labute approximate surface area is 171 Å². The minimum atomic E-state index is -0.236. The molecule has 1 aliphatic rings. The van der Waals surface area contributed by atoms with Gasteiger partial charge >= 0.3 is 0 Å². The lowest BCUT2D eigenvalue weighted by Gasteiger charge is -2.20. The van der Waals surface area contributed by atoms with Crippen molar-refractivity contribution in [2.24, 2.45) is 5.10 Å². The van der Waals surface area contributed by atoms with Crippen molar-refractivity contribution in [1.82, 2.24) is 15.0 Å². The van der Waals surface area contributed by atoms with E-state index in [1.165, 1.54) is 5.56 Å².